The predicted molar refractivity (Wildman–Crippen MR) is 117 cm³/mol. The fourth-order valence-corrected chi connectivity index (χ4v) is 4.68. The molecule has 2 aliphatic rings. The third-order valence-corrected chi connectivity index (χ3v) is 5.95. The fraction of sp³-hybridized carbons (Fsp3) is 0.111. The Morgan fingerprint density at radius 2 is 1.18 bits per heavy atom. The van der Waals surface area contributed by atoms with Crippen LogP contribution < -0.4 is 5.73 Å². The van der Waals surface area contributed by atoms with E-state index in [0.29, 0.717) is 0 Å². The molecule has 28 heavy (non-hydrogen) atoms. The molecule has 3 aromatic carbocycles. The average molecular weight is 361 g/mol. The Bertz CT molecular complexity index is 1080. The van der Waals surface area contributed by atoms with Gasteiger partial charge in [0.1, 0.15) is 0 Å². The Morgan fingerprint density at radius 3 is 1.82 bits per heavy atom. The summed E-state index contributed by atoms with van der Waals surface area (Å²) in [6.45, 7) is 2.04. The largest absolute Gasteiger partial charge is 0.319 e. The molecule has 0 spiro atoms. The summed E-state index contributed by atoms with van der Waals surface area (Å²) in [5.41, 5.74) is 13.4. The monoisotopic (exact) mass is 361 g/mol. The summed E-state index contributed by atoms with van der Waals surface area (Å²) < 4.78 is 0. The zero-order valence-corrected chi connectivity index (χ0v) is 16.0. The third-order valence-electron chi connectivity index (χ3n) is 5.95. The molecule has 5 rings (SSSR count). The minimum atomic E-state index is -0.460. The van der Waals surface area contributed by atoms with Crippen LogP contribution in [0.4, 0.5) is 0 Å². The van der Waals surface area contributed by atoms with Crippen LogP contribution in [0, 0.1) is 0 Å². The normalized spacial score (nSPS) is 21.9. The molecule has 1 heteroatoms. The zero-order valence-electron chi connectivity index (χ0n) is 16.0. The first kappa shape index (κ1) is 17.0. The summed E-state index contributed by atoms with van der Waals surface area (Å²) in [5, 5.41) is 0. The van der Waals surface area contributed by atoms with E-state index in [-0.39, 0.29) is 5.41 Å². The lowest BCUT2D eigenvalue weighted by atomic mass is 9.66. The number of fused-ring (bicyclic) bond motifs is 2. The van der Waals surface area contributed by atoms with Crippen molar-refractivity contribution in [3.8, 4) is 0 Å². The molecule has 0 saturated carbocycles. The van der Waals surface area contributed by atoms with Crippen LogP contribution in [0.2, 0.25) is 0 Å². The van der Waals surface area contributed by atoms with Gasteiger partial charge in [0.05, 0.1) is 11.0 Å². The molecule has 136 valence electrons. The van der Waals surface area contributed by atoms with Crippen molar-refractivity contribution in [2.24, 2.45) is 5.73 Å². The zero-order chi connectivity index (χ0) is 19.2. The van der Waals surface area contributed by atoms with Gasteiger partial charge in [-0.05, 0) is 40.3 Å². The SMILES string of the molecule is CC1(N)C=CC2=C(C=C1)C(c1ccccc1)(c1ccccc1)c1ccccc12. The van der Waals surface area contributed by atoms with E-state index in [1.807, 2.05) is 6.92 Å². The maximum Gasteiger partial charge on any atom is 0.0713 e. The molecule has 3 aromatic rings. The van der Waals surface area contributed by atoms with Gasteiger partial charge < -0.3 is 5.73 Å². The molecule has 0 fully saturated rings. The Kier molecular flexibility index (Phi) is 3.75. The minimum Gasteiger partial charge on any atom is -0.319 e. The van der Waals surface area contributed by atoms with Gasteiger partial charge in [0, 0.05) is 0 Å². The van der Waals surface area contributed by atoms with Crippen LogP contribution in [0.5, 0.6) is 0 Å². The van der Waals surface area contributed by atoms with Crippen molar-refractivity contribution in [2.45, 2.75) is 17.9 Å². The molecule has 0 saturated heterocycles. The highest BCUT2D eigenvalue weighted by atomic mass is 14.7. The van der Waals surface area contributed by atoms with Crippen molar-refractivity contribution in [3.05, 3.63) is 137 Å². The quantitative estimate of drug-likeness (QED) is 0.629. The van der Waals surface area contributed by atoms with E-state index in [9.17, 15) is 0 Å². The lowest BCUT2D eigenvalue weighted by Crippen LogP contribution is -2.32. The van der Waals surface area contributed by atoms with Crippen LogP contribution in [-0.4, -0.2) is 5.54 Å². The molecule has 0 aromatic heterocycles. The Morgan fingerprint density at radius 1 is 0.643 bits per heavy atom. The second-order valence-corrected chi connectivity index (χ2v) is 7.89. The fourth-order valence-electron chi connectivity index (χ4n) is 4.68. The summed E-state index contributed by atoms with van der Waals surface area (Å²) in [6.07, 6.45) is 8.68. The number of rotatable bonds is 2. The minimum absolute atomic E-state index is 0.351. The molecule has 1 unspecified atom stereocenters. The maximum atomic E-state index is 6.47. The molecule has 0 heterocycles. The van der Waals surface area contributed by atoms with E-state index in [0.717, 1.165) is 0 Å². The van der Waals surface area contributed by atoms with Crippen molar-refractivity contribution < 1.29 is 0 Å². The van der Waals surface area contributed by atoms with Crippen LogP contribution >= 0.6 is 0 Å². The van der Waals surface area contributed by atoms with E-state index in [1.54, 1.807) is 0 Å². The second kappa shape index (κ2) is 6.19. The number of allylic oxidation sites excluding steroid dienone is 4. The van der Waals surface area contributed by atoms with E-state index in [1.165, 1.54) is 33.4 Å². The topological polar surface area (TPSA) is 26.0 Å². The van der Waals surface area contributed by atoms with Crippen molar-refractivity contribution in [1.29, 1.82) is 0 Å². The van der Waals surface area contributed by atoms with Gasteiger partial charge in [-0.1, -0.05) is 109 Å². The van der Waals surface area contributed by atoms with Gasteiger partial charge in [-0.3, -0.25) is 0 Å². The van der Waals surface area contributed by atoms with Crippen LogP contribution in [0.3, 0.4) is 0 Å². The summed E-state index contributed by atoms with van der Waals surface area (Å²) in [5.74, 6) is 0. The molecule has 0 bridgehead atoms. The Hall–Kier alpha value is -3.16. The van der Waals surface area contributed by atoms with Gasteiger partial charge in [0.25, 0.3) is 0 Å². The standard InChI is InChI=1S/C27H23N/c1-26(28)18-16-23-22-14-8-9-15-24(22)27(25(23)17-19-26,20-10-4-2-5-11-20)21-12-6-3-7-13-21/h2-19H,28H2,1H3. The van der Waals surface area contributed by atoms with E-state index < -0.39 is 5.54 Å². The number of hydrogen-bond acceptors (Lipinski definition) is 1. The van der Waals surface area contributed by atoms with Crippen LogP contribution in [0.1, 0.15) is 29.2 Å². The Labute approximate surface area is 166 Å². The molecule has 1 nitrogen and oxygen atoms in total. The van der Waals surface area contributed by atoms with Gasteiger partial charge in [-0.15, -0.1) is 0 Å². The van der Waals surface area contributed by atoms with Crippen molar-refractivity contribution >= 4 is 5.57 Å². The van der Waals surface area contributed by atoms with Gasteiger partial charge >= 0.3 is 0 Å². The lowest BCUT2D eigenvalue weighted by molar-refractivity contribution is 0.727. The molecule has 0 amide bonds. The molecule has 0 aliphatic heterocycles. The van der Waals surface area contributed by atoms with E-state index >= 15 is 0 Å². The van der Waals surface area contributed by atoms with Gasteiger partial charge in [0.2, 0.25) is 0 Å². The average Bonchev–Trinajstić information content (AvgIpc) is 2.92. The first-order valence-electron chi connectivity index (χ1n) is 9.76. The lowest BCUT2D eigenvalue weighted by Gasteiger charge is -2.35. The first-order valence-corrected chi connectivity index (χ1v) is 9.76. The van der Waals surface area contributed by atoms with Crippen molar-refractivity contribution in [3.63, 3.8) is 0 Å². The summed E-state index contributed by atoms with van der Waals surface area (Å²) in [7, 11) is 0. The van der Waals surface area contributed by atoms with Crippen molar-refractivity contribution in [2.75, 3.05) is 0 Å². The summed E-state index contributed by atoms with van der Waals surface area (Å²) >= 11 is 0. The maximum absolute atomic E-state index is 6.47. The Balaban J connectivity index is 1.94. The van der Waals surface area contributed by atoms with Gasteiger partial charge in [-0.2, -0.15) is 0 Å². The molecule has 1 atom stereocenters. The van der Waals surface area contributed by atoms with Crippen LogP contribution in [-0.2, 0) is 5.41 Å². The number of benzene rings is 3. The first-order chi connectivity index (χ1) is 13.6. The van der Waals surface area contributed by atoms with E-state index in [2.05, 4.69) is 109 Å². The molecular formula is C27H23N. The summed E-state index contributed by atoms with van der Waals surface area (Å²) in [6, 6.07) is 30.4. The smallest absolute Gasteiger partial charge is 0.0713 e. The molecule has 0 radical (unpaired) electrons. The predicted octanol–water partition coefficient (Wildman–Crippen LogP) is 5.63. The van der Waals surface area contributed by atoms with Crippen LogP contribution in [0.25, 0.3) is 5.57 Å². The highest BCUT2D eigenvalue weighted by Crippen LogP contribution is 2.55. The van der Waals surface area contributed by atoms with E-state index in [4.69, 9.17) is 5.73 Å². The highest BCUT2D eigenvalue weighted by molar-refractivity contribution is 5.92. The number of hydrogen-bond donors (Lipinski definition) is 1. The van der Waals surface area contributed by atoms with Crippen LogP contribution in [0.15, 0.2) is 115 Å². The third kappa shape index (κ3) is 2.37. The second-order valence-electron chi connectivity index (χ2n) is 7.89. The molecule has 2 aliphatic carbocycles. The molecule has 2 N–H and O–H groups in total. The van der Waals surface area contributed by atoms with Crippen molar-refractivity contribution in [1.82, 2.24) is 0 Å². The highest BCUT2D eigenvalue weighted by Gasteiger charge is 2.46. The summed E-state index contributed by atoms with van der Waals surface area (Å²) in [4.78, 5) is 0. The van der Waals surface area contributed by atoms with Gasteiger partial charge in [0.15, 0.2) is 0 Å². The number of nitrogens with two attached hydrogens (primary N) is 1. The van der Waals surface area contributed by atoms with Gasteiger partial charge in [-0.25, -0.2) is 0 Å². The molecular weight excluding hydrogens is 338 g/mol.